The summed E-state index contributed by atoms with van der Waals surface area (Å²) in [5.74, 6) is 0.978. The smallest absolute Gasteiger partial charge is 0.236 e. The fraction of sp³-hybridized carbons (Fsp3) is 0.273. The number of hydrogen-bond acceptors (Lipinski definition) is 4. The molecule has 0 spiro atoms. The molecule has 0 saturated carbocycles. The van der Waals surface area contributed by atoms with Crippen LogP contribution in [0, 0.1) is 0 Å². The molecule has 0 aliphatic heterocycles. The predicted octanol–water partition coefficient (Wildman–Crippen LogP) is 1.17. The molecule has 0 aliphatic rings. The number of amides is 1. The Morgan fingerprint density at radius 1 is 1.38 bits per heavy atom. The summed E-state index contributed by atoms with van der Waals surface area (Å²) in [6.45, 7) is 1.39. The van der Waals surface area contributed by atoms with Crippen molar-refractivity contribution >= 4 is 12.1 Å². The molecule has 0 unspecified atom stereocenters. The molecule has 1 rings (SSSR count). The first kappa shape index (κ1) is 12.0. The van der Waals surface area contributed by atoms with E-state index >= 15 is 0 Å². The maximum Gasteiger partial charge on any atom is 0.236 e. The van der Waals surface area contributed by atoms with Gasteiger partial charge in [0.15, 0.2) is 11.5 Å². The number of hydrogen-bond donors (Lipinski definition) is 1. The van der Waals surface area contributed by atoms with Crippen LogP contribution in [0.15, 0.2) is 23.3 Å². The van der Waals surface area contributed by atoms with E-state index in [1.165, 1.54) is 13.1 Å². The zero-order valence-electron chi connectivity index (χ0n) is 9.48. The number of carbonyl (C=O) groups is 1. The highest BCUT2D eigenvalue weighted by atomic mass is 16.5. The van der Waals surface area contributed by atoms with Gasteiger partial charge in [-0.25, -0.2) is 5.43 Å². The third-order valence-corrected chi connectivity index (χ3v) is 1.86. The van der Waals surface area contributed by atoms with E-state index in [0.717, 1.165) is 5.56 Å². The molecule has 16 heavy (non-hydrogen) atoms. The topological polar surface area (TPSA) is 59.9 Å². The summed E-state index contributed by atoms with van der Waals surface area (Å²) in [6, 6.07) is 5.41. The third kappa shape index (κ3) is 2.98. The van der Waals surface area contributed by atoms with Crippen molar-refractivity contribution in [1.29, 1.82) is 0 Å². The molecule has 86 valence electrons. The Morgan fingerprint density at radius 3 is 2.69 bits per heavy atom. The molecule has 1 N–H and O–H groups in total. The Labute approximate surface area is 94.1 Å². The van der Waals surface area contributed by atoms with Crippen LogP contribution in [-0.2, 0) is 4.79 Å². The monoisotopic (exact) mass is 222 g/mol. The van der Waals surface area contributed by atoms with Gasteiger partial charge in [0.05, 0.1) is 20.4 Å². The maximum atomic E-state index is 10.6. The molecule has 5 nitrogen and oxygen atoms in total. The highest BCUT2D eigenvalue weighted by molar-refractivity contribution is 5.86. The van der Waals surface area contributed by atoms with Crippen molar-refractivity contribution in [3.05, 3.63) is 23.8 Å². The average Bonchev–Trinajstić information content (AvgIpc) is 2.28. The van der Waals surface area contributed by atoms with Crippen LogP contribution in [0.4, 0.5) is 0 Å². The number of ether oxygens (including phenoxy) is 2. The van der Waals surface area contributed by atoms with Crippen molar-refractivity contribution in [2.24, 2.45) is 5.10 Å². The van der Waals surface area contributed by atoms with E-state index < -0.39 is 0 Å². The zero-order valence-corrected chi connectivity index (χ0v) is 9.48. The quantitative estimate of drug-likeness (QED) is 0.614. The van der Waals surface area contributed by atoms with Crippen molar-refractivity contribution in [2.75, 3.05) is 14.2 Å². The van der Waals surface area contributed by atoms with Crippen LogP contribution in [0.5, 0.6) is 11.5 Å². The maximum absolute atomic E-state index is 10.6. The fourth-order valence-electron chi connectivity index (χ4n) is 1.21. The fourth-order valence-corrected chi connectivity index (χ4v) is 1.21. The third-order valence-electron chi connectivity index (χ3n) is 1.86. The molecule has 1 amide bonds. The number of nitrogens with one attached hydrogen (secondary N) is 1. The molecule has 0 aliphatic carbocycles. The normalized spacial score (nSPS) is 10.2. The Kier molecular flexibility index (Phi) is 4.32. The number of nitrogens with zero attached hydrogens (tertiary/aromatic N) is 1. The van der Waals surface area contributed by atoms with Gasteiger partial charge in [-0.3, -0.25) is 4.79 Å². The highest BCUT2D eigenvalue weighted by Gasteiger charge is 2.06. The van der Waals surface area contributed by atoms with E-state index in [2.05, 4.69) is 10.5 Å². The highest BCUT2D eigenvalue weighted by Crippen LogP contribution is 2.29. The lowest BCUT2D eigenvalue weighted by Crippen LogP contribution is -2.12. The van der Waals surface area contributed by atoms with Gasteiger partial charge in [-0.2, -0.15) is 5.10 Å². The molecule has 0 aromatic heterocycles. The van der Waals surface area contributed by atoms with E-state index in [0.29, 0.717) is 11.5 Å². The number of carbonyl (C=O) groups excluding carboxylic acids is 1. The Morgan fingerprint density at radius 2 is 2.12 bits per heavy atom. The van der Waals surface area contributed by atoms with Gasteiger partial charge in [0.1, 0.15) is 0 Å². The van der Waals surface area contributed by atoms with E-state index in [4.69, 9.17) is 9.47 Å². The van der Waals surface area contributed by atoms with Crippen molar-refractivity contribution < 1.29 is 14.3 Å². The van der Waals surface area contributed by atoms with Crippen LogP contribution in [0.1, 0.15) is 12.5 Å². The lowest BCUT2D eigenvalue weighted by molar-refractivity contribution is -0.118. The van der Waals surface area contributed by atoms with Gasteiger partial charge in [-0.1, -0.05) is 6.07 Å². The summed E-state index contributed by atoms with van der Waals surface area (Å²) in [5, 5.41) is 3.77. The van der Waals surface area contributed by atoms with Crippen molar-refractivity contribution in [3.63, 3.8) is 0 Å². The average molecular weight is 222 g/mol. The number of para-hydroxylation sites is 1. The lowest BCUT2D eigenvalue weighted by Gasteiger charge is -2.09. The number of methoxy groups -OCH3 is 2. The van der Waals surface area contributed by atoms with Crippen molar-refractivity contribution in [3.8, 4) is 11.5 Å². The predicted molar refractivity (Wildman–Crippen MR) is 61.0 cm³/mol. The molecular formula is C11H14N2O3. The Balaban J connectivity index is 2.94. The van der Waals surface area contributed by atoms with E-state index in [9.17, 15) is 4.79 Å². The van der Waals surface area contributed by atoms with Crippen LogP contribution in [0.25, 0.3) is 0 Å². The first-order chi connectivity index (χ1) is 7.69. The minimum atomic E-state index is -0.224. The van der Waals surface area contributed by atoms with E-state index in [-0.39, 0.29) is 5.91 Å². The van der Waals surface area contributed by atoms with Crippen LogP contribution >= 0.6 is 0 Å². The molecule has 0 bridgehead atoms. The van der Waals surface area contributed by atoms with Gasteiger partial charge >= 0.3 is 0 Å². The lowest BCUT2D eigenvalue weighted by atomic mass is 10.2. The molecular weight excluding hydrogens is 208 g/mol. The Bertz CT molecular complexity index is 402. The summed E-state index contributed by atoms with van der Waals surface area (Å²) in [4.78, 5) is 10.6. The van der Waals surface area contributed by atoms with Crippen molar-refractivity contribution in [1.82, 2.24) is 5.43 Å². The molecule has 0 saturated heterocycles. The van der Waals surface area contributed by atoms with Gasteiger partial charge < -0.3 is 9.47 Å². The largest absolute Gasteiger partial charge is 0.493 e. The van der Waals surface area contributed by atoms with Gasteiger partial charge in [0, 0.05) is 12.5 Å². The van der Waals surface area contributed by atoms with Gasteiger partial charge in [0.25, 0.3) is 0 Å². The molecule has 0 heterocycles. The standard InChI is InChI=1S/C11H14N2O3/c1-8(14)13-12-7-9-5-4-6-10(15-2)11(9)16-3/h4-7H,1-3H3,(H,13,14)/b12-7-. The Hall–Kier alpha value is -2.04. The summed E-state index contributed by atoms with van der Waals surface area (Å²) in [6.07, 6.45) is 1.50. The van der Waals surface area contributed by atoms with Gasteiger partial charge in [0.2, 0.25) is 5.91 Å². The van der Waals surface area contributed by atoms with E-state index in [1.807, 2.05) is 12.1 Å². The molecule has 0 atom stereocenters. The summed E-state index contributed by atoms with van der Waals surface area (Å²) >= 11 is 0. The molecule has 5 heteroatoms. The minimum Gasteiger partial charge on any atom is -0.493 e. The number of hydrazone groups is 1. The van der Waals surface area contributed by atoms with Crippen LogP contribution in [0.2, 0.25) is 0 Å². The van der Waals surface area contributed by atoms with Crippen molar-refractivity contribution in [2.45, 2.75) is 6.92 Å². The van der Waals surface area contributed by atoms with Gasteiger partial charge in [-0.05, 0) is 12.1 Å². The number of benzene rings is 1. The molecule has 1 aromatic rings. The summed E-state index contributed by atoms with van der Waals surface area (Å²) in [5.41, 5.74) is 3.05. The second-order valence-electron chi connectivity index (χ2n) is 3.01. The molecule has 0 fully saturated rings. The zero-order chi connectivity index (χ0) is 12.0. The summed E-state index contributed by atoms with van der Waals surface area (Å²) < 4.78 is 10.3. The number of rotatable bonds is 4. The SMILES string of the molecule is COc1cccc(/C=N\NC(C)=O)c1OC. The summed E-state index contributed by atoms with van der Waals surface area (Å²) in [7, 11) is 3.11. The van der Waals surface area contributed by atoms with Crippen LogP contribution < -0.4 is 14.9 Å². The second kappa shape index (κ2) is 5.75. The molecule has 1 aromatic carbocycles. The van der Waals surface area contributed by atoms with Crippen LogP contribution in [0.3, 0.4) is 0 Å². The molecule has 0 radical (unpaired) electrons. The second-order valence-corrected chi connectivity index (χ2v) is 3.01. The van der Waals surface area contributed by atoms with Crippen LogP contribution in [-0.4, -0.2) is 26.3 Å². The minimum absolute atomic E-state index is 0.224. The van der Waals surface area contributed by atoms with Gasteiger partial charge in [-0.15, -0.1) is 0 Å². The first-order valence-corrected chi connectivity index (χ1v) is 4.69. The first-order valence-electron chi connectivity index (χ1n) is 4.69. The van der Waals surface area contributed by atoms with E-state index in [1.54, 1.807) is 20.3 Å².